The molecule has 0 aromatic carbocycles. The summed E-state index contributed by atoms with van der Waals surface area (Å²) >= 11 is 0. The van der Waals surface area contributed by atoms with E-state index in [0.717, 1.165) is 13.0 Å². The van der Waals surface area contributed by atoms with Crippen LogP contribution in [0.2, 0.25) is 0 Å². The van der Waals surface area contributed by atoms with Gasteiger partial charge in [-0.15, -0.1) is 0 Å². The Balaban J connectivity index is 1.80. The van der Waals surface area contributed by atoms with Crippen molar-refractivity contribution in [2.75, 3.05) is 32.8 Å². The van der Waals surface area contributed by atoms with Crippen molar-refractivity contribution in [3.8, 4) is 0 Å². The second kappa shape index (κ2) is 6.15. The van der Waals surface area contributed by atoms with Crippen LogP contribution in [0.1, 0.15) is 25.7 Å². The Morgan fingerprint density at radius 2 is 2.11 bits per heavy atom. The summed E-state index contributed by atoms with van der Waals surface area (Å²) in [6, 6.07) is 0.285. The van der Waals surface area contributed by atoms with Crippen LogP contribution in [0.5, 0.6) is 0 Å². The number of urea groups is 1. The van der Waals surface area contributed by atoms with Crippen LogP contribution < -0.4 is 5.32 Å². The molecule has 2 rings (SSSR count). The minimum atomic E-state index is -0.282. The Morgan fingerprint density at radius 3 is 2.61 bits per heavy atom. The molecule has 6 heteroatoms. The first-order valence-electron chi connectivity index (χ1n) is 6.65. The quantitative estimate of drug-likeness (QED) is 0.617. The lowest BCUT2D eigenvalue weighted by atomic mass is 9.91. The van der Waals surface area contributed by atoms with Crippen molar-refractivity contribution in [3.05, 3.63) is 0 Å². The zero-order valence-electron chi connectivity index (χ0n) is 10.6. The van der Waals surface area contributed by atoms with Crippen LogP contribution in [0, 0.1) is 0 Å². The van der Waals surface area contributed by atoms with Gasteiger partial charge in [-0.05, 0) is 19.3 Å². The summed E-state index contributed by atoms with van der Waals surface area (Å²) < 4.78 is 0. The second-order valence-corrected chi connectivity index (χ2v) is 4.90. The molecule has 18 heavy (non-hydrogen) atoms. The third-order valence-corrected chi connectivity index (χ3v) is 3.74. The maximum atomic E-state index is 11.4. The van der Waals surface area contributed by atoms with Crippen LogP contribution in [0.4, 0.5) is 4.79 Å². The number of carbonyl (C=O) groups excluding carboxylic acids is 2. The monoisotopic (exact) mass is 255 g/mol. The number of nitrogens with one attached hydrogen (secondary N) is 1. The number of hydrogen-bond donors (Lipinski definition) is 2. The lowest BCUT2D eigenvalue weighted by Crippen LogP contribution is -2.46. The van der Waals surface area contributed by atoms with Gasteiger partial charge in [0.25, 0.3) is 0 Å². The normalized spacial score (nSPS) is 20.4. The van der Waals surface area contributed by atoms with E-state index in [1.54, 1.807) is 0 Å². The minimum absolute atomic E-state index is 0.124. The lowest BCUT2D eigenvalue weighted by molar-refractivity contribution is -0.125. The van der Waals surface area contributed by atoms with Crippen LogP contribution in [-0.4, -0.2) is 65.7 Å². The van der Waals surface area contributed by atoms with Crippen LogP contribution >= 0.6 is 0 Å². The van der Waals surface area contributed by atoms with Crippen LogP contribution in [0.3, 0.4) is 0 Å². The second-order valence-electron chi connectivity index (χ2n) is 4.90. The third-order valence-electron chi connectivity index (χ3n) is 3.74. The molecule has 0 aromatic rings. The largest absolute Gasteiger partial charge is 0.396 e. The summed E-state index contributed by atoms with van der Waals surface area (Å²) in [5.74, 6) is -0.143. The molecule has 6 nitrogen and oxygen atoms in total. The standard InChI is InChI=1S/C12H21N3O3/c16-8-2-5-14(10-3-1-4-10)6-7-15-11(17)9-13-12(15)18/h10,16H,1-9H2,(H,13,18). The van der Waals surface area contributed by atoms with Gasteiger partial charge in [0.1, 0.15) is 0 Å². The number of aliphatic hydroxyl groups is 1. The summed E-state index contributed by atoms with van der Waals surface area (Å²) in [7, 11) is 0. The fourth-order valence-electron chi connectivity index (χ4n) is 2.41. The Labute approximate surface area is 107 Å². The van der Waals surface area contributed by atoms with Gasteiger partial charge in [0.2, 0.25) is 5.91 Å². The summed E-state index contributed by atoms with van der Waals surface area (Å²) in [4.78, 5) is 26.4. The summed E-state index contributed by atoms with van der Waals surface area (Å²) in [6.45, 7) is 2.31. The highest BCUT2D eigenvalue weighted by atomic mass is 16.3. The van der Waals surface area contributed by atoms with Gasteiger partial charge in [-0.25, -0.2) is 4.79 Å². The molecular weight excluding hydrogens is 234 g/mol. The minimum Gasteiger partial charge on any atom is -0.396 e. The molecule has 2 fully saturated rings. The molecule has 1 heterocycles. The van der Waals surface area contributed by atoms with Gasteiger partial charge in [0.15, 0.2) is 0 Å². The lowest BCUT2D eigenvalue weighted by Gasteiger charge is -2.38. The van der Waals surface area contributed by atoms with Crippen molar-refractivity contribution in [2.24, 2.45) is 0 Å². The zero-order valence-corrected chi connectivity index (χ0v) is 10.6. The average Bonchev–Trinajstić information content (AvgIpc) is 2.60. The third kappa shape index (κ3) is 3.00. The number of imide groups is 1. The smallest absolute Gasteiger partial charge is 0.324 e. The first-order valence-corrected chi connectivity index (χ1v) is 6.65. The van der Waals surface area contributed by atoms with Gasteiger partial charge in [-0.2, -0.15) is 0 Å². The Bertz CT molecular complexity index is 302. The van der Waals surface area contributed by atoms with Gasteiger partial charge in [0.05, 0.1) is 6.54 Å². The predicted octanol–water partition coefficient (Wildman–Crippen LogP) is -0.225. The first kappa shape index (κ1) is 13.3. The van der Waals surface area contributed by atoms with E-state index in [1.807, 2.05) is 0 Å². The van der Waals surface area contributed by atoms with E-state index in [0.29, 0.717) is 19.1 Å². The van der Waals surface area contributed by atoms with E-state index in [9.17, 15) is 9.59 Å². The first-order chi connectivity index (χ1) is 8.72. The SMILES string of the molecule is O=C1CNC(=O)N1CCN(CCCO)C1CCC1. The summed E-state index contributed by atoms with van der Waals surface area (Å²) in [6.07, 6.45) is 4.37. The van der Waals surface area contributed by atoms with E-state index >= 15 is 0 Å². The molecule has 1 aliphatic heterocycles. The average molecular weight is 255 g/mol. The molecule has 102 valence electrons. The molecule has 0 radical (unpaired) electrons. The van der Waals surface area contributed by atoms with E-state index in [2.05, 4.69) is 10.2 Å². The van der Waals surface area contributed by atoms with Gasteiger partial charge in [-0.1, -0.05) is 6.42 Å². The zero-order chi connectivity index (χ0) is 13.0. The highest BCUT2D eigenvalue weighted by Crippen LogP contribution is 2.24. The number of aliphatic hydroxyl groups excluding tert-OH is 1. The molecule has 2 aliphatic rings. The number of amides is 3. The highest BCUT2D eigenvalue weighted by molar-refractivity contribution is 6.01. The van der Waals surface area contributed by atoms with E-state index in [4.69, 9.17) is 5.11 Å². The van der Waals surface area contributed by atoms with Gasteiger partial charge in [0, 0.05) is 32.3 Å². The molecule has 0 aromatic heterocycles. The van der Waals surface area contributed by atoms with Gasteiger partial charge >= 0.3 is 6.03 Å². The molecule has 2 N–H and O–H groups in total. The fourth-order valence-corrected chi connectivity index (χ4v) is 2.41. The maximum Gasteiger partial charge on any atom is 0.324 e. The number of nitrogens with zero attached hydrogens (tertiary/aromatic N) is 2. The number of rotatable bonds is 7. The van der Waals surface area contributed by atoms with Crippen molar-refractivity contribution in [2.45, 2.75) is 31.7 Å². The van der Waals surface area contributed by atoms with Crippen molar-refractivity contribution in [1.29, 1.82) is 0 Å². The fraction of sp³-hybridized carbons (Fsp3) is 0.833. The van der Waals surface area contributed by atoms with Crippen molar-refractivity contribution in [3.63, 3.8) is 0 Å². The van der Waals surface area contributed by atoms with Crippen LogP contribution in [0.25, 0.3) is 0 Å². The Hall–Kier alpha value is -1.14. The molecule has 0 unspecified atom stereocenters. The molecular formula is C12H21N3O3. The molecule has 1 saturated heterocycles. The topological polar surface area (TPSA) is 72.9 Å². The van der Waals surface area contributed by atoms with Crippen molar-refractivity contribution < 1.29 is 14.7 Å². The Morgan fingerprint density at radius 1 is 1.33 bits per heavy atom. The van der Waals surface area contributed by atoms with E-state index in [-0.39, 0.29) is 25.1 Å². The van der Waals surface area contributed by atoms with Gasteiger partial charge in [-0.3, -0.25) is 14.6 Å². The van der Waals surface area contributed by atoms with E-state index in [1.165, 1.54) is 24.2 Å². The maximum absolute atomic E-state index is 11.4. The van der Waals surface area contributed by atoms with Crippen LogP contribution in [0.15, 0.2) is 0 Å². The highest BCUT2D eigenvalue weighted by Gasteiger charge is 2.30. The molecule has 0 atom stereocenters. The van der Waals surface area contributed by atoms with Crippen molar-refractivity contribution in [1.82, 2.24) is 15.1 Å². The summed E-state index contributed by atoms with van der Waals surface area (Å²) in [5.41, 5.74) is 0. The number of hydrogen-bond acceptors (Lipinski definition) is 4. The predicted molar refractivity (Wildman–Crippen MR) is 66.0 cm³/mol. The molecule has 1 saturated carbocycles. The summed E-state index contributed by atoms with van der Waals surface area (Å²) in [5, 5.41) is 11.4. The van der Waals surface area contributed by atoms with E-state index < -0.39 is 0 Å². The van der Waals surface area contributed by atoms with Crippen molar-refractivity contribution >= 4 is 11.9 Å². The molecule has 0 spiro atoms. The molecule has 1 aliphatic carbocycles. The van der Waals surface area contributed by atoms with Gasteiger partial charge < -0.3 is 10.4 Å². The molecule has 0 bridgehead atoms. The Kier molecular flexibility index (Phi) is 4.54. The molecule has 3 amide bonds. The number of carbonyl (C=O) groups is 2. The van der Waals surface area contributed by atoms with Crippen LogP contribution in [-0.2, 0) is 4.79 Å².